The summed E-state index contributed by atoms with van der Waals surface area (Å²) in [6.07, 6.45) is -1.64. The van der Waals surface area contributed by atoms with Crippen molar-refractivity contribution in [2.24, 2.45) is 0 Å². The van der Waals surface area contributed by atoms with E-state index in [1.54, 1.807) is 13.8 Å². The van der Waals surface area contributed by atoms with Crippen LogP contribution in [0, 0.1) is 13.8 Å². The van der Waals surface area contributed by atoms with Crippen molar-refractivity contribution >= 4 is 23.4 Å². The van der Waals surface area contributed by atoms with Crippen molar-refractivity contribution in [3.63, 3.8) is 0 Å². The highest BCUT2D eigenvalue weighted by Gasteiger charge is 2.30. The Kier molecular flexibility index (Phi) is 5.97. The molecule has 2 aromatic heterocycles. The van der Waals surface area contributed by atoms with Gasteiger partial charge < -0.3 is 5.32 Å². The molecule has 0 aliphatic carbocycles. The second-order valence-electron chi connectivity index (χ2n) is 6.39. The first-order valence-corrected chi connectivity index (χ1v) is 9.94. The van der Waals surface area contributed by atoms with Gasteiger partial charge in [0.25, 0.3) is 0 Å². The topological polar surface area (TPSA) is 59.8 Å². The van der Waals surface area contributed by atoms with Crippen molar-refractivity contribution in [1.82, 2.24) is 14.8 Å². The predicted molar refractivity (Wildman–Crippen MR) is 106 cm³/mol. The molecule has 3 rings (SSSR count). The number of hydrogen-bond acceptors (Lipinski definition) is 4. The van der Waals surface area contributed by atoms with E-state index in [-0.39, 0.29) is 18.1 Å². The molecule has 0 bridgehead atoms. The van der Waals surface area contributed by atoms with E-state index in [4.69, 9.17) is 0 Å². The number of aryl methyl sites for hydroxylation is 1. The van der Waals surface area contributed by atoms with E-state index in [0.717, 1.165) is 22.8 Å². The fourth-order valence-electron chi connectivity index (χ4n) is 2.94. The first-order chi connectivity index (χ1) is 13.7. The number of carbonyl (C=O) groups excluding carboxylic acids is 1. The monoisotopic (exact) mass is 420 g/mol. The number of carbonyl (C=O) groups is 1. The molecule has 0 spiro atoms. The molecule has 5 nitrogen and oxygen atoms in total. The number of nitrogens with zero attached hydrogens (tertiary/aromatic N) is 3. The minimum atomic E-state index is -4.45. The molecule has 0 saturated heterocycles. The summed E-state index contributed by atoms with van der Waals surface area (Å²) in [6, 6.07) is 9.73. The number of anilines is 1. The summed E-state index contributed by atoms with van der Waals surface area (Å²) >= 11 is 1.53. The minimum absolute atomic E-state index is 0.0982. The van der Waals surface area contributed by atoms with Gasteiger partial charge in [0.1, 0.15) is 0 Å². The van der Waals surface area contributed by atoms with Gasteiger partial charge in [-0.1, -0.05) is 12.1 Å². The molecule has 9 heteroatoms. The number of aromatic nitrogens is 3. The Morgan fingerprint density at radius 2 is 1.90 bits per heavy atom. The summed E-state index contributed by atoms with van der Waals surface area (Å²) < 4.78 is 39.7. The van der Waals surface area contributed by atoms with Gasteiger partial charge in [-0.2, -0.15) is 18.3 Å². The van der Waals surface area contributed by atoms with Crippen LogP contribution in [-0.2, 0) is 17.4 Å². The van der Waals surface area contributed by atoms with Crippen molar-refractivity contribution in [1.29, 1.82) is 0 Å². The zero-order valence-corrected chi connectivity index (χ0v) is 16.9. The Hall–Kier alpha value is -2.81. The molecule has 1 aromatic carbocycles. The summed E-state index contributed by atoms with van der Waals surface area (Å²) in [5.74, 6) is 0.0654. The molecule has 0 fully saturated rings. The molecular formula is C20H19F3N4OS. The van der Waals surface area contributed by atoms with E-state index in [2.05, 4.69) is 15.4 Å². The average molecular weight is 420 g/mol. The first-order valence-electron chi connectivity index (χ1n) is 8.72. The Morgan fingerprint density at radius 1 is 1.17 bits per heavy atom. The van der Waals surface area contributed by atoms with Crippen LogP contribution in [-0.4, -0.2) is 26.9 Å². The van der Waals surface area contributed by atoms with E-state index < -0.39 is 11.7 Å². The number of alkyl halides is 3. The molecule has 152 valence electrons. The molecule has 1 amide bonds. The number of nitrogens with one attached hydrogen (secondary N) is 1. The summed E-state index contributed by atoms with van der Waals surface area (Å²) in [7, 11) is 0. The lowest BCUT2D eigenvalue weighted by Crippen LogP contribution is -2.16. The normalized spacial score (nSPS) is 11.5. The maximum atomic E-state index is 12.7. The minimum Gasteiger partial charge on any atom is -0.325 e. The van der Waals surface area contributed by atoms with Gasteiger partial charge in [0.05, 0.1) is 23.4 Å². The molecule has 0 aliphatic heterocycles. The van der Waals surface area contributed by atoms with Crippen molar-refractivity contribution in [2.45, 2.75) is 31.3 Å². The Bertz CT molecular complexity index is 1030. The SMILES string of the molecule is CSc1ccccc1NC(=O)Cc1c(C)nn(-c2ccc(C(F)(F)F)cn2)c1C. The van der Waals surface area contributed by atoms with Crippen LogP contribution in [0.4, 0.5) is 18.9 Å². The van der Waals surface area contributed by atoms with E-state index in [0.29, 0.717) is 17.0 Å². The van der Waals surface area contributed by atoms with Gasteiger partial charge in [-0.05, 0) is 44.4 Å². The van der Waals surface area contributed by atoms with Gasteiger partial charge in [-0.25, -0.2) is 9.67 Å². The van der Waals surface area contributed by atoms with E-state index >= 15 is 0 Å². The highest BCUT2D eigenvalue weighted by molar-refractivity contribution is 7.98. The van der Waals surface area contributed by atoms with Crippen molar-refractivity contribution in [3.05, 3.63) is 65.1 Å². The Balaban J connectivity index is 1.81. The van der Waals surface area contributed by atoms with Gasteiger partial charge in [0.15, 0.2) is 5.82 Å². The van der Waals surface area contributed by atoms with Crippen molar-refractivity contribution in [3.8, 4) is 5.82 Å². The molecule has 2 heterocycles. The predicted octanol–water partition coefficient (Wildman–Crippen LogP) is 4.81. The van der Waals surface area contributed by atoms with Gasteiger partial charge in [-0.15, -0.1) is 11.8 Å². The highest BCUT2D eigenvalue weighted by Crippen LogP contribution is 2.29. The number of thioether (sulfide) groups is 1. The molecule has 3 aromatic rings. The highest BCUT2D eigenvalue weighted by atomic mass is 32.2. The standard InChI is InChI=1S/C20H19F3N4OS/c1-12-15(10-19(28)25-16-6-4-5-7-17(16)29-3)13(2)27(26-12)18-9-8-14(11-24-18)20(21,22)23/h4-9,11H,10H2,1-3H3,(H,25,28). The van der Waals surface area contributed by atoms with Crippen molar-refractivity contribution in [2.75, 3.05) is 11.6 Å². The third-order valence-corrected chi connectivity index (χ3v) is 5.25. The molecule has 0 saturated carbocycles. The van der Waals surface area contributed by atoms with Gasteiger partial charge >= 0.3 is 6.18 Å². The van der Waals surface area contributed by atoms with Gasteiger partial charge in [0.2, 0.25) is 5.91 Å². The largest absolute Gasteiger partial charge is 0.417 e. The molecule has 0 atom stereocenters. The first kappa shape index (κ1) is 20.9. The average Bonchev–Trinajstić information content (AvgIpc) is 2.96. The zero-order chi connectivity index (χ0) is 21.2. The number of rotatable bonds is 5. The van der Waals surface area contributed by atoms with Gasteiger partial charge in [0, 0.05) is 22.3 Å². The van der Waals surface area contributed by atoms with E-state index in [1.807, 2.05) is 30.5 Å². The third kappa shape index (κ3) is 4.61. The number of amides is 1. The van der Waals surface area contributed by atoms with Crippen LogP contribution in [0.2, 0.25) is 0 Å². The molecule has 29 heavy (non-hydrogen) atoms. The van der Waals surface area contributed by atoms with E-state index in [9.17, 15) is 18.0 Å². The quantitative estimate of drug-likeness (QED) is 0.602. The maximum absolute atomic E-state index is 12.7. The maximum Gasteiger partial charge on any atom is 0.417 e. The lowest BCUT2D eigenvalue weighted by molar-refractivity contribution is -0.137. The number of halogens is 3. The summed E-state index contributed by atoms with van der Waals surface area (Å²) in [6.45, 7) is 3.52. The smallest absolute Gasteiger partial charge is 0.325 e. The number of pyridine rings is 1. The van der Waals surface area contributed by atoms with Gasteiger partial charge in [-0.3, -0.25) is 4.79 Å². The molecule has 0 unspecified atom stereocenters. The van der Waals surface area contributed by atoms with E-state index in [1.165, 1.54) is 22.5 Å². The Morgan fingerprint density at radius 3 is 2.52 bits per heavy atom. The van der Waals surface area contributed by atoms with Crippen LogP contribution in [0.1, 0.15) is 22.5 Å². The second-order valence-corrected chi connectivity index (χ2v) is 7.24. The fourth-order valence-corrected chi connectivity index (χ4v) is 3.49. The molecule has 1 N–H and O–H groups in total. The third-order valence-electron chi connectivity index (χ3n) is 4.45. The second kappa shape index (κ2) is 8.28. The Labute approximate surface area is 170 Å². The summed E-state index contributed by atoms with van der Waals surface area (Å²) in [5.41, 5.74) is 1.90. The lowest BCUT2D eigenvalue weighted by Gasteiger charge is -2.10. The molecular weight excluding hydrogens is 401 g/mol. The number of hydrogen-bond donors (Lipinski definition) is 1. The van der Waals surface area contributed by atoms with Crippen LogP contribution < -0.4 is 5.32 Å². The molecule has 0 radical (unpaired) electrons. The van der Waals surface area contributed by atoms with Crippen LogP contribution in [0.25, 0.3) is 5.82 Å². The zero-order valence-electron chi connectivity index (χ0n) is 16.0. The van der Waals surface area contributed by atoms with Crippen LogP contribution in [0.5, 0.6) is 0 Å². The number of benzene rings is 1. The van der Waals surface area contributed by atoms with Crippen LogP contribution >= 0.6 is 11.8 Å². The number of para-hydroxylation sites is 1. The van der Waals surface area contributed by atoms with Crippen molar-refractivity contribution < 1.29 is 18.0 Å². The lowest BCUT2D eigenvalue weighted by atomic mass is 10.1. The summed E-state index contributed by atoms with van der Waals surface area (Å²) in [5, 5.41) is 7.25. The van der Waals surface area contributed by atoms with Crippen LogP contribution in [0.15, 0.2) is 47.5 Å². The molecule has 0 aliphatic rings. The summed E-state index contributed by atoms with van der Waals surface area (Å²) in [4.78, 5) is 17.4. The fraction of sp³-hybridized carbons (Fsp3) is 0.250. The van der Waals surface area contributed by atoms with Crippen LogP contribution in [0.3, 0.4) is 0 Å².